The van der Waals surface area contributed by atoms with E-state index in [1.54, 1.807) is 0 Å². The molecule has 1 saturated carbocycles. The lowest BCUT2D eigenvalue weighted by Crippen LogP contribution is -2.45. The molecule has 1 aliphatic carbocycles. The van der Waals surface area contributed by atoms with E-state index in [-0.39, 0.29) is 0 Å². The van der Waals surface area contributed by atoms with Gasteiger partial charge in [0, 0.05) is 18.5 Å². The van der Waals surface area contributed by atoms with Crippen molar-refractivity contribution < 1.29 is 0 Å². The lowest BCUT2D eigenvalue weighted by molar-refractivity contribution is 0.146. The predicted octanol–water partition coefficient (Wildman–Crippen LogP) is 1.58. The SMILES string of the molecule is N=C(N)C1CCCN(C2CCCC2)C1. The van der Waals surface area contributed by atoms with Crippen molar-refractivity contribution in [3.8, 4) is 0 Å². The maximum Gasteiger partial charge on any atom is 0.0949 e. The van der Waals surface area contributed by atoms with Gasteiger partial charge in [-0.15, -0.1) is 0 Å². The molecule has 3 heteroatoms. The molecule has 0 amide bonds. The number of piperidine rings is 1. The Balaban J connectivity index is 1.89. The van der Waals surface area contributed by atoms with Gasteiger partial charge in [0.1, 0.15) is 0 Å². The first kappa shape index (κ1) is 9.97. The molecule has 0 aromatic rings. The molecular formula is C11H21N3. The quantitative estimate of drug-likeness (QED) is 0.519. The summed E-state index contributed by atoms with van der Waals surface area (Å²) < 4.78 is 0. The summed E-state index contributed by atoms with van der Waals surface area (Å²) in [4.78, 5) is 2.57. The van der Waals surface area contributed by atoms with Crippen LogP contribution in [-0.2, 0) is 0 Å². The van der Waals surface area contributed by atoms with Crippen molar-refractivity contribution >= 4 is 5.84 Å². The van der Waals surface area contributed by atoms with Crippen LogP contribution in [-0.4, -0.2) is 29.9 Å². The van der Waals surface area contributed by atoms with E-state index in [4.69, 9.17) is 11.1 Å². The third-order valence-corrected chi connectivity index (χ3v) is 3.73. The smallest absolute Gasteiger partial charge is 0.0949 e. The first-order valence-electron chi connectivity index (χ1n) is 5.85. The van der Waals surface area contributed by atoms with Gasteiger partial charge in [0.2, 0.25) is 0 Å². The van der Waals surface area contributed by atoms with Crippen molar-refractivity contribution in [1.82, 2.24) is 4.90 Å². The highest BCUT2D eigenvalue weighted by Gasteiger charge is 2.28. The second-order valence-corrected chi connectivity index (χ2v) is 4.73. The minimum Gasteiger partial charge on any atom is -0.387 e. The van der Waals surface area contributed by atoms with Gasteiger partial charge < -0.3 is 5.73 Å². The van der Waals surface area contributed by atoms with Crippen LogP contribution in [0.1, 0.15) is 38.5 Å². The molecule has 0 aromatic heterocycles. The lowest BCUT2D eigenvalue weighted by Gasteiger charge is -2.36. The monoisotopic (exact) mass is 195 g/mol. The minimum atomic E-state index is 0.337. The fraction of sp³-hybridized carbons (Fsp3) is 0.909. The standard InChI is InChI=1S/C11H21N3/c12-11(13)9-4-3-7-14(8-9)10-5-1-2-6-10/h9-10H,1-8H2,(H3,12,13). The van der Waals surface area contributed by atoms with Crippen LogP contribution >= 0.6 is 0 Å². The average molecular weight is 195 g/mol. The summed E-state index contributed by atoms with van der Waals surface area (Å²) in [7, 11) is 0. The van der Waals surface area contributed by atoms with Gasteiger partial charge in [-0.05, 0) is 32.2 Å². The first-order chi connectivity index (χ1) is 6.77. The van der Waals surface area contributed by atoms with Crippen LogP contribution in [0.2, 0.25) is 0 Å². The molecule has 1 saturated heterocycles. The van der Waals surface area contributed by atoms with Crippen molar-refractivity contribution in [3.05, 3.63) is 0 Å². The summed E-state index contributed by atoms with van der Waals surface area (Å²) in [6.45, 7) is 2.27. The van der Waals surface area contributed by atoms with Crippen molar-refractivity contribution in [2.45, 2.75) is 44.6 Å². The fourth-order valence-corrected chi connectivity index (χ4v) is 2.86. The lowest BCUT2D eigenvalue weighted by atomic mass is 9.95. The summed E-state index contributed by atoms with van der Waals surface area (Å²) in [6.07, 6.45) is 7.87. The van der Waals surface area contributed by atoms with Gasteiger partial charge in [-0.25, -0.2) is 0 Å². The van der Waals surface area contributed by atoms with Gasteiger partial charge >= 0.3 is 0 Å². The second kappa shape index (κ2) is 4.30. The molecule has 80 valence electrons. The maximum absolute atomic E-state index is 7.50. The van der Waals surface area contributed by atoms with Crippen molar-refractivity contribution in [3.63, 3.8) is 0 Å². The number of nitrogens with two attached hydrogens (primary N) is 1. The summed E-state index contributed by atoms with van der Waals surface area (Å²) in [5, 5.41) is 7.50. The maximum atomic E-state index is 7.50. The van der Waals surface area contributed by atoms with Crippen LogP contribution in [0.4, 0.5) is 0 Å². The Morgan fingerprint density at radius 1 is 1.14 bits per heavy atom. The molecule has 1 atom stereocenters. The van der Waals surface area contributed by atoms with E-state index >= 15 is 0 Å². The molecular weight excluding hydrogens is 174 g/mol. The van der Waals surface area contributed by atoms with Crippen molar-refractivity contribution in [2.24, 2.45) is 11.7 Å². The molecule has 0 spiro atoms. The molecule has 0 aromatic carbocycles. The predicted molar refractivity (Wildman–Crippen MR) is 58.5 cm³/mol. The third kappa shape index (κ3) is 2.08. The Kier molecular flexibility index (Phi) is 3.06. The summed E-state index contributed by atoms with van der Waals surface area (Å²) >= 11 is 0. The molecule has 1 heterocycles. The number of rotatable bonds is 2. The summed E-state index contributed by atoms with van der Waals surface area (Å²) in [5.41, 5.74) is 5.58. The highest BCUT2D eigenvalue weighted by atomic mass is 15.2. The van der Waals surface area contributed by atoms with Gasteiger partial charge in [-0.1, -0.05) is 12.8 Å². The third-order valence-electron chi connectivity index (χ3n) is 3.73. The van der Waals surface area contributed by atoms with Crippen LogP contribution < -0.4 is 5.73 Å². The number of nitrogens with one attached hydrogen (secondary N) is 1. The number of hydrogen-bond acceptors (Lipinski definition) is 2. The summed E-state index contributed by atoms with van der Waals surface area (Å²) in [6, 6.07) is 0.803. The Labute approximate surface area is 86.2 Å². The van der Waals surface area contributed by atoms with Crippen LogP contribution in [0.25, 0.3) is 0 Å². The molecule has 14 heavy (non-hydrogen) atoms. The van der Waals surface area contributed by atoms with E-state index in [0.29, 0.717) is 11.8 Å². The zero-order chi connectivity index (χ0) is 9.97. The van der Waals surface area contributed by atoms with Crippen LogP contribution in [0, 0.1) is 11.3 Å². The van der Waals surface area contributed by atoms with E-state index in [2.05, 4.69) is 4.90 Å². The van der Waals surface area contributed by atoms with E-state index in [1.165, 1.54) is 38.6 Å². The number of amidine groups is 1. The Morgan fingerprint density at radius 2 is 1.86 bits per heavy atom. The molecule has 2 rings (SSSR count). The van der Waals surface area contributed by atoms with Crippen LogP contribution in [0.15, 0.2) is 0 Å². The van der Waals surface area contributed by atoms with Gasteiger partial charge in [0.05, 0.1) is 5.84 Å². The number of hydrogen-bond donors (Lipinski definition) is 2. The fourth-order valence-electron chi connectivity index (χ4n) is 2.86. The van der Waals surface area contributed by atoms with E-state index in [9.17, 15) is 0 Å². The zero-order valence-corrected chi connectivity index (χ0v) is 8.84. The Hall–Kier alpha value is -0.570. The highest BCUT2D eigenvalue weighted by molar-refractivity contribution is 5.79. The second-order valence-electron chi connectivity index (χ2n) is 4.73. The molecule has 1 aliphatic heterocycles. The van der Waals surface area contributed by atoms with Gasteiger partial charge in [0.15, 0.2) is 0 Å². The van der Waals surface area contributed by atoms with Crippen molar-refractivity contribution in [2.75, 3.05) is 13.1 Å². The van der Waals surface area contributed by atoms with Gasteiger partial charge in [-0.3, -0.25) is 10.3 Å². The summed E-state index contributed by atoms with van der Waals surface area (Å²) in [5.74, 6) is 0.733. The molecule has 0 radical (unpaired) electrons. The number of likely N-dealkylation sites (tertiary alicyclic amines) is 1. The van der Waals surface area contributed by atoms with E-state index in [0.717, 1.165) is 19.0 Å². The molecule has 3 N–H and O–H groups in total. The van der Waals surface area contributed by atoms with Crippen LogP contribution in [0.5, 0.6) is 0 Å². The number of nitrogens with zero attached hydrogens (tertiary/aromatic N) is 1. The molecule has 2 fully saturated rings. The van der Waals surface area contributed by atoms with Gasteiger partial charge in [-0.2, -0.15) is 0 Å². The molecule has 3 nitrogen and oxygen atoms in total. The van der Waals surface area contributed by atoms with E-state index in [1.807, 2.05) is 0 Å². The molecule has 1 unspecified atom stereocenters. The van der Waals surface area contributed by atoms with Crippen LogP contribution in [0.3, 0.4) is 0 Å². The van der Waals surface area contributed by atoms with Crippen molar-refractivity contribution in [1.29, 1.82) is 5.41 Å². The average Bonchev–Trinajstić information content (AvgIpc) is 2.71. The largest absolute Gasteiger partial charge is 0.387 e. The zero-order valence-electron chi connectivity index (χ0n) is 8.84. The first-order valence-corrected chi connectivity index (χ1v) is 5.85. The topological polar surface area (TPSA) is 53.1 Å². The molecule has 2 aliphatic rings. The normalized spacial score (nSPS) is 30.7. The Bertz CT molecular complexity index is 209. The molecule has 0 bridgehead atoms. The highest BCUT2D eigenvalue weighted by Crippen LogP contribution is 2.27. The van der Waals surface area contributed by atoms with Gasteiger partial charge in [0.25, 0.3) is 0 Å². The van der Waals surface area contributed by atoms with E-state index < -0.39 is 0 Å². The Morgan fingerprint density at radius 3 is 2.50 bits per heavy atom. The minimum absolute atomic E-state index is 0.337.